The van der Waals surface area contributed by atoms with Crippen molar-refractivity contribution in [3.63, 3.8) is 0 Å². The maximum Gasteiger partial charge on any atom is 0.136 e. The highest BCUT2D eigenvalue weighted by Crippen LogP contribution is 2.51. The largest absolute Gasteiger partial charge is 0.456 e. The fourth-order valence-electron chi connectivity index (χ4n) is 6.77. The first kappa shape index (κ1) is 12.1. The average Bonchev–Trinajstić information content (AvgIpc) is 1.71. The predicted octanol–water partition coefficient (Wildman–Crippen LogP) is 14.4. The number of hydrogen-bond donors (Lipinski definition) is 0. The summed E-state index contributed by atoms with van der Waals surface area (Å²) in [6.45, 7) is -2.30. The monoisotopic (exact) mass is 693 g/mol. The Balaban J connectivity index is 1.31. The molecule has 244 valence electrons. The molecule has 1 heteroatoms. The van der Waals surface area contributed by atoms with Gasteiger partial charge in [0, 0.05) is 20.3 Å². The zero-order chi connectivity index (χ0) is 61.4. The summed E-state index contributed by atoms with van der Waals surface area (Å²) in [7, 11) is 0. The molecule has 0 radical (unpaired) electrons. The van der Waals surface area contributed by atoms with Crippen molar-refractivity contribution in [2.45, 2.75) is 19.2 Å². The third kappa shape index (κ3) is 4.17. The van der Waals surface area contributed by atoms with Crippen LogP contribution in [0.2, 0.25) is 0 Å². The number of hydrogen-bond acceptors (Lipinski definition) is 1. The molecule has 1 atom stereocenters. The van der Waals surface area contributed by atoms with E-state index in [1.165, 1.54) is 0 Å². The van der Waals surface area contributed by atoms with Gasteiger partial charge in [0.2, 0.25) is 0 Å². The van der Waals surface area contributed by atoms with Crippen molar-refractivity contribution in [3.05, 3.63) is 180 Å². The summed E-state index contributed by atoms with van der Waals surface area (Å²) < 4.78 is 288. The van der Waals surface area contributed by atoms with Crippen LogP contribution in [0.4, 0.5) is 0 Å². The van der Waals surface area contributed by atoms with Crippen LogP contribution in [0.3, 0.4) is 0 Å². The third-order valence-corrected chi connectivity index (χ3v) is 9.14. The quantitative estimate of drug-likeness (QED) is 0.168. The number of rotatable bonds is 3. The fraction of sp³-hybridized carbons (Fsp3) is 0.0588. The molecule has 52 heavy (non-hydrogen) atoms. The molecule has 1 aliphatic rings. The molecule has 1 heterocycles. The first-order valence-corrected chi connectivity index (χ1v) is 15.7. The molecule has 1 unspecified atom stereocenters. The van der Waals surface area contributed by atoms with Crippen molar-refractivity contribution in [1.29, 1.82) is 0 Å². The fourth-order valence-corrected chi connectivity index (χ4v) is 6.77. The molecule has 0 N–H and O–H groups in total. The van der Waals surface area contributed by atoms with Crippen molar-refractivity contribution >= 4 is 54.3 Å². The van der Waals surface area contributed by atoms with E-state index in [1.54, 1.807) is 0 Å². The van der Waals surface area contributed by atoms with Gasteiger partial charge in [0.15, 0.2) is 0 Å². The molecular formula is C51H34O. The molecule has 0 fully saturated rings. The van der Waals surface area contributed by atoms with Gasteiger partial charge in [0.1, 0.15) is 11.2 Å². The van der Waals surface area contributed by atoms with Crippen LogP contribution in [0.5, 0.6) is 0 Å². The van der Waals surface area contributed by atoms with Gasteiger partial charge in [0.05, 0.1) is 38.4 Å². The minimum Gasteiger partial charge on any atom is -0.456 e. The van der Waals surface area contributed by atoms with E-state index in [9.17, 15) is 17.8 Å². The van der Waals surface area contributed by atoms with E-state index in [4.69, 9.17) is 29.1 Å². The first-order chi connectivity index (χ1) is 38.5. The zero-order valence-corrected chi connectivity index (χ0v) is 26.4. The van der Waals surface area contributed by atoms with Crippen molar-refractivity contribution in [2.75, 3.05) is 0 Å². The highest BCUT2D eigenvalue weighted by molar-refractivity contribution is 6.21. The minimum atomic E-state index is -3.33. The van der Waals surface area contributed by atoms with Crippen LogP contribution in [0, 0.1) is 0 Å². The maximum atomic E-state index is 9.96. The Labute approximate surface area is 346 Å². The standard InChI is InChI=1S/C51H34O/c1-51(2)45-18-10-9-13-37(45)38-25-23-36(29-46(38)51)50-41-16-7-5-14-39(41)49(40-15-6-8-17-42(40)50)32-21-19-31(20-22-32)35-24-26-47-43(28-35)44-27-33-11-3-4-12-34(33)30-48(44)52-47/h3-30H,1-2H3/i1D3,3D,4D,5D,6D,7D,8D,9D,10D,11D,12D,13D,14D,15D,16D,17D,18D,19D,20D,21D,22D,23D,24D,25D,26D,27D,28D,29D,30D. The van der Waals surface area contributed by atoms with E-state index in [2.05, 4.69) is 0 Å². The van der Waals surface area contributed by atoms with E-state index in [-0.39, 0.29) is 0 Å². The molecule has 0 saturated heterocycles. The molecule has 0 aliphatic heterocycles. The second kappa shape index (κ2) is 10.8. The van der Waals surface area contributed by atoms with Gasteiger partial charge < -0.3 is 4.42 Å². The zero-order valence-electron chi connectivity index (χ0n) is 57.4. The van der Waals surface area contributed by atoms with Crippen LogP contribution in [0.1, 0.15) is 67.4 Å². The average molecular weight is 694 g/mol. The minimum absolute atomic E-state index is 0.439. The van der Waals surface area contributed by atoms with Gasteiger partial charge in [0.25, 0.3) is 0 Å². The summed E-state index contributed by atoms with van der Waals surface area (Å²) in [6, 6.07) is -26.4. The summed E-state index contributed by atoms with van der Waals surface area (Å²) in [6.07, 6.45) is 0. The van der Waals surface area contributed by atoms with Gasteiger partial charge in [-0.05, 0) is 118 Å². The van der Waals surface area contributed by atoms with Crippen LogP contribution in [0.25, 0.3) is 98.8 Å². The highest BCUT2D eigenvalue weighted by atomic mass is 16.3. The van der Waals surface area contributed by atoms with E-state index in [0.29, 0.717) is 0 Å². The summed E-state index contributed by atoms with van der Waals surface area (Å²) in [5.74, 6) is 0. The number of fused-ring (bicyclic) bond motifs is 9. The highest BCUT2D eigenvalue weighted by Gasteiger charge is 2.35. The molecule has 9 aromatic carbocycles. The number of benzene rings is 9. The van der Waals surface area contributed by atoms with Gasteiger partial charge >= 0.3 is 0 Å². The van der Waals surface area contributed by atoms with E-state index in [0.717, 1.165) is 6.92 Å². The molecule has 11 rings (SSSR count). The summed E-state index contributed by atoms with van der Waals surface area (Å²) in [4.78, 5) is 0. The van der Waals surface area contributed by atoms with E-state index in [1.807, 2.05) is 0 Å². The van der Waals surface area contributed by atoms with Gasteiger partial charge in [-0.2, -0.15) is 0 Å². The topological polar surface area (TPSA) is 13.1 Å². The smallest absolute Gasteiger partial charge is 0.136 e. The van der Waals surface area contributed by atoms with E-state index >= 15 is 0 Å². The Morgan fingerprint density at radius 3 is 1.67 bits per heavy atom. The van der Waals surface area contributed by atoms with Crippen molar-refractivity contribution in [3.8, 4) is 44.5 Å². The lowest BCUT2D eigenvalue weighted by Gasteiger charge is -2.23. The Kier molecular flexibility index (Phi) is 2.50. The third-order valence-electron chi connectivity index (χ3n) is 9.14. The molecule has 1 aliphatic carbocycles. The van der Waals surface area contributed by atoms with Crippen LogP contribution < -0.4 is 0 Å². The molecule has 10 aromatic rings. The molecule has 0 amide bonds. The molecule has 0 saturated carbocycles. The molecule has 0 bridgehead atoms. The Hall–Kier alpha value is -6.44. The lowest BCUT2D eigenvalue weighted by atomic mass is 9.80. The molecule has 1 nitrogen and oxygen atoms in total. The summed E-state index contributed by atoms with van der Waals surface area (Å²) in [5, 5.41) is -5.10. The van der Waals surface area contributed by atoms with Crippen molar-refractivity contribution in [2.24, 2.45) is 0 Å². The lowest BCUT2D eigenvalue weighted by molar-refractivity contribution is 0.660. The second-order valence-corrected chi connectivity index (χ2v) is 12.1. The summed E-state index contributed by atoms with van der Waals surface area (Å²) in [5.41, 5.74) is -11.1. The predicted molar refractivity (Wildman–Crippen MR) is 220 cm³/mol. The SMILES string of the molecule is [2H]c1c([2H])c([2H])c2c(c1[2H])-c1c([2H])c([2H])c(-c3c4c([2H])c([2H])c([2H])c([2H])c4c(-c4c([2H])c([2H])c(-c5c([2H])c([2H])c6oc7c([2H])c8c([2H])c([2H])c([2H])c([2H])c8c([2H])c7c6c5[2H])c([2H])c4[2H])c4c([2H])c([2H])c([2H])c([2H])c34)c([2H])c1C2(C)C([2H])([2H])[2H]. The van der Waals surface area contributed by atoms with Crippen LogP contribution in [-0.4, -0.2) is 0 Å². The Bertz CT molecular complexity index is 4710. The van der Waals surface area contributed by atoms with Crippen LogP contribution >= 0.6 is 0 Å². The lowest BCUT2D eigenvalue weighted by Crippen LogP contribution is -2.14. The Morgan fingerprint density at radius 2 is 0.962 bits per heavy atom. The molecule has 1 aromatic heterocycles. The first-order valence-electron chi connectivity index (χ1n) is 31.2. The Morgan fingerprint density at radius 1 is 0.423 bits per heavy atom. The summed E-state index contributed by atoms with van der Waals surface area (Å²) >= 11 is 0. The van der Waals surface area contributed by atoms with Crippen molar-refractivity contribution in [1.82, 2.24) is 0 Å². The van der Waals surface area contributed by atoms with Gasteiger partial charge in [-0.1, -0.05) is 153 Å². The number of furan rings is 1. The van der Waals surface area contributed by atoms with Gasteiger partial charge in [-0.15, -0.1) is 0 Å². The van der Waals surface area contributed by atoms with Crippen LogP contribution in [-0.2, 0) is 5.41 Å². The normalized spacial score (nSPS) is 23.8. The molecule has 0 spiro atoms. The maximum absolute atomic E-state index is 9.96. The molecular weight excluding hydrogens is 629 g/mol. The van der Waals surface area contributed by atoms with Crippen molar-refractivity contribution < 1.29 is 46.9 Å². The van der Waals surface area contributed by atoms with Crippen LogP contribution in [0.15, 0.2) is 174 Å². The van der Waals surface area contributed by atoms with Gasteiger partial charge in [-0.25, -0.2) is 0 Å². The van der Waals surface area contributed by atoms with Gasteiger partial charge in [-0.3, -0.25) is 0 Å². The van der Waals surface area contributed by atoms with E-state index < -0.39 is 291 Å². The second-order valence-electron chi connectivity index (χ2n) is 12.1.